The number of hydrogen-bond donors (Lipinski definition) is 2. The van der Waals surface area contributed by atoms with Crippen molar-refractivity contribution in [1.29, 1.82) is 0 Å². The number of hydrogen-bond acceptors (Lipinski definition) is 2. The van der Waals surface area contributed by atoms with E-state index >= 15 is 0 Å². The average Bonchev–Trinajstić information content (AvgIpc) is 2.76. The van der Waals surface area contributed by atoms with Crippen molar-refractivity contribution in [1.82, 2.24) is 0 Å². The van der Waals surface area contributed by atoms with Gasteiger partial charge in [-0.15, -0.1) is 0 Å². The number of aliphatic hydroxyl groups excluding tert-OH is 2. The van der Waals surface area contributed by atoms with Crippen LogP contribution in [0, 0.1) is 34.5 Å². The Kier molecular flexibility index (Phi) is 3.11. The summed E-state index contributed by atoms with van der Waals surface area (Å²) in [7, 11) is 0. The molecule has 0 aromatic heterocycles. The van der Waals surface area contributed by atoms with Crippen LogP contribution in [0.25, 0.3) is 0 Å². The van der Waals surface area contributed by atoms with Gasteiger partial charge in [-0.05, 0) is 79.4 Å². The van der Waals surface area contributed by atoms with Gasteiger partial charge in [0.05, 0.1) is 12.2 Å². The van der Waals surface area contributed by atoms with Crippen molar-refractivity contribution in [2.45, 2.75) is 71.0 Å². The van der Waals surface area contributed by atoms with Gasteiger partial charge >= 0.3 is 0 Å². The van der Waals surface area contributed by atoms with Crippen LogP contribution in [0.2, 0.25) is 0 Å². The zero-order valence-electron chi connectivity index (χ0n) is 13.5. The summed E-state index contributed by atoms with van der Waals surface area (Å²) in [6.45, 7) is 4.80. The SMILES string of the molecule is C[C@]12CC[C@H]3[C@@H](CCC4C[C@H](O)C=C[C@@]43C)[C@@H]1CC[C@@H]2O. The van der Waals surface area contributed by atoms with Crippen LogP contribution in [-0.2, 0) is 0 Å². The van der Waals surface area contributed by atoms with E-state index in [1.165, 1.54) is 32.1 Å². The quantitative estimate of drug-likeness (QED) is 0.670. The lowest BCUT2D eigenvalue weighted by molar-refractivity contribution is -0.0994. The van der Waals surface area contributed by atoms with Gasteiger partial charge in [0.2, 0.25) is 0 Å². The molecule has 3 saturated carbocycles. The molecule has 0 spiro atoms. The maximum absolute atomic E-state index is 10.5. The van der Waals surface area contributed by atoms with E-state index in [1.807, 2.05) is 0 Å². The second-order valence-electron chi connectivity index (χ2n) is 8.82. The van der Waals surface area contributed by atoms with Crippen molar-refractivity contribution in [2.75, 3.05) is 0 Å². The molecule has 0 saturated heterocycles. The topological polar surface area (TPSA) is 40.5 Å². The van der Waals surface area contributed by atoms with E-state index in [-0.39, 0.29) is 23.0 Å². The van der Waals surface area contributed by atoms with E-state index in [2.05, 4.69) is 26.0 Å². The Morgan fingerprint density at radius 3 is 2.57 bits per heavy atom. The van der Waals surface area contributed by atoms with Crippen LogP contribution in [0.3, 0.4) is 0 Å². The lowest BCUT2D eigenvalue weighted by Crippen LogP contribution is -2.53. The van der Waals surface area contributed by atoms with Crippen molar-refractivity contribution >= 4 is 0 Å². The minimum Gasteiger partial charge on any atom is -0.393 e. The van der Waals surface area contributed by atoms with Crippen molar-refractivity contribution in [3.8, 4) is 0 Å². The van der Waals surface area contributed by atoms with Gasteiger partial charge in [-0.1, -0.05) is 26.0 Å². The number of rotatable bonds is 0. The first-order valence-electron chi connectivity index (χ1n) is 9.00. The Bertz CT molecular complexity index is 458. The fourth-order valence-electron chi connectivity index (χ4n) is 6.76. The van der Waals surface area contributed by atoms with E-state index in [9.17, 15) is 10.2 Å². The summed E-state index contributed by atoms with van der Waals surface area (Å²) >= 11 is 0. The molecule has 0 aromatic carbocycles. The summed E-state index contributed by atoms with van der Waals surface area (Å²) in [5, 5.41) is 20.4. The highest BCUT2D eigenvalue weighted by molar-refractivity contribution is 5.17. The van der Waals surface area contributed by atoms with E-state index in [4.69, 9.17) is 0 Å². The van der Waals surface area contributed by atoms with Gasteiger partial charge in [-0.25, -0.2) is 0 Å². The molecule has 8 atom stereocenters. The summed E-state index contributed by atoms with van der Waals surface area (Å²) in [4.78, 5) is 0. The Balaban J connectivity index is 1.67. The highest BCUT2D eigenvalue weighted by Crippen LogP contribution is 2.65. The number of aliphatic hydroxyl groups is 2. The highest BCUT2D eigenvalue weighted by Gasteiger charge is 2.59. The minimum atomic E-state index is -0.221. The van der Waals surface area contributed by atoms with Crippen LogP contribution >= 0.6 is 0 Å². The first-order valence-corrected chi connectivity index (χ1v) is 9.00. The van der Waals surface area contributed by atoms with Crippen LogP contribution in [-0.4, -0.2) is 22.4 Å². The summed E-state index contributed by atoms with van der Waals surface area (Å²) in [5.74, 6) is 2.95. The van der Waals surface area contributed by atoms with E-state index in [1.54, 1.807) is 0 Å². The molecule has 0 amide bonds. The molecule has 4 rings (SSSR count). The first kappa shape index (κ1) is 14.3. The van der Waals surface area contributed by atoms with Gasteiger partial charge in [0.25, 0.3) is 0 Å². The predicted octanol–water partition coefficient (Wildman–Crippen LogP) is 3.53. The first-order chi connectivity index (χ1) is 9.95. The molecule has 4 aliphatic carbocycles. The third kappa shape index (κ3) is 1.84. The van der Waals surface area contributed by atoms with Gasteiger partial charge in [-0.3, -0.25) is 0 Å². The van der Waals surface area contributed by atoms with Gasteiger partial charge in [0.1, 0.15) is 0 Å². The summed E-state index contributed by atoms with van der Waals surface area (Å²) in [5.41, 5.74) is 0.472. The van der Waals surface area contributed by atoms with Crippen LogP contribution in [0.15, 0.2) is 12.2 Å². The molecule has 21 heavy (non-hydrogen) atoms. The monoisotopic (exact) mass is 290 g/mol. The van der Waals surface area contributed by atoms with Crippen LogP contribution in [0.4, 0.5) is 0 Å². The summed E-state index contributed by atoms with van der Waals surface area (Å²) in [6, 6.07) is 0. The minimum absolute atomic E-state index is 0.0716. The molecule has 0 heterocycles. The molecule has 0 aromatic rings. The van der Waals surface area contributed by atoms with Crippen molar-refractivity contribution in [3.63, 3.8) is 0 Å². The molecule has 3 fully saturated rings. The zero-order valence-corrected chi connectivity index (χ0v) is 13.5. The molecule has 0 radical (unpaired) electrons. The molecule has 118 valence electrons. The highest BCUT2D eigenvalue weighted by atomic mass is 16.3. The maximum Gasteiger partial charge on any atom is 0.0724 e. The predicted molar refractivity (Wildman–Crippen MR) is 83.6 cm³/mol. The molecule has 2 heteroatoms. The summed E-state index contributed by atoms with van der Waals surface area (Å²) in [6.07, 6.45) is 12.4. The third-order valence-corrected chi connectivity index (χ3v) is 8.12. The second kappa shape index (κ2) is 4.58. The van der Waals surface area contributed by atoms with Crippen LogP contribution < -0.4 is 0 Å². The maximum atomic E-state index is 10.5. The molecule has 2 nitrogen and oxygen atoms in total. The standard InChI is InChI=1S/C19H30O2/c1-18-9-7-13(20)11-12(18)3-4-14-15-5-6-17(21)19(15,2)10-8-16(14)18/h7,9,12-17,20-21H,3-6,8,10-11H2,1-2H3/t12?,13-,14+,15+,16+,17+,18+,19+/m1/s1. The van der Waals surface area contributed by atoms with E-state index in [0.717, 1.165) is 30.6 Å². The number of allylic oxidation sites excluding steroid dienone is 1. The van der Waals surface area contributed by atoms with Gasteiger partial charge in [0.15, 0.2) is 0 Å². The van der Waals surface area contributed by atoms with Crippen molar-refractivity contribution in [2.24, 2.45) is 34.5 Å². The Labute approximate surface area is 128 Å². The molecule has 2 N–H and O–H groups in total. The molecule has 0 bridgehead atoms. The molecule has 0 aliphatic heterocycles. The zero-order chi connectivity index (χ0) is 14.8. The Hall–Kier alpha value is -0.340. The molecular weight excluding hydrogens is 260 g/mol. The Morgan fingerprint density at radius 2 is 1.76 bits per heavy atom. The lowest BCUT2D eigenvalue weighted by atomic mass is 9.46. The number of fused-ring (bicyclic) bond motifs is 5. The third-order valence-electron chi connectivity index (χ3n) is 8.12. The molecular formula is C19H30O2. The van der Waals surface area contributed by atoms with Crippen molar-refractivity contribution < 1.29 is 10.2 Å². The normalized spacial score (nSPS) is 59.2. The largest absolute Gasteiger partial charge is 0.393 e. The van der Waals surface area contributed by atoms with Crippen LogP contribution in [0.5, 0.6) is 0 Å². The fourth-order valence-corrected chi connectivity index (χ4v) is 6.76. The van der Waals surface area contributed by atoms with Crippen molar-refractivity contribution in [3.05, 3.63) is 12.2 Å². The van der Waals surface area contributed by atoms with Gasteiger partial charge < -0.3 is 10.2 Å². The summed E-state index contributed by atoms with van der Waals surface area (Å²) < 4.78 is 0. The fraction of sp³-hybridized carbons (Fsp3) is 0.895. The van der Waals surface area contributed by atoms with E-state index < -0.39 is 0 Å². The lowest BCUT2D eigenvalue weighted by Gasteiger charge is -2.59. The molecule has 4 aliphatic rings. The van der Waals surface area contributed by atoms with Crippen LogP contribution in [0.1, 0.15) is 58.8 Å². The van der Waals surface area contributed by atoms with E-state index in [0.29, 0.717) is 5.92 Å². The second-order valence-corrected chi connectivity index (χ2v) is 8.82. The molecule has 1 unspecified atom stereocenters. The Morgan fingerprint density at radius 1 is 0.952 bits per heavy atom. The smallest absolute Gasteiger partial charge is 0.0724 e. The van der Waals surface area contributed by atoms with Gasteiger partial charge in [-0.2, -0.15) is 0 Å². The average molecular weight is 290 g/mol. The van der Waals surface area contributed by atoms with Gasteiger partial charge in [0, 0.05) is 0 Å².